The first kappa shape index (κ1) is 53.6. The van der Waals surface area contributed by atoms with Crippen molar-refractivity contribution in [3.05, 3.63) is 364 Å². The minimum absolute atomic E-state index is 1.07. The van der Waals surface area contributed by atoms with E-state index < -0.39 is 0 Å². The van der Waals surface area contributed by atoms with Crippen LogP contribution in [0.25, 0.3) is 121 Å². The van der Waals surface area contributed by atoms with E-state index in [4.69, 9.17) is 0 Å². The molecule has 0 aliphatic heterocycles. The summed E-state index contributed by atoms with van der Waals surface area (Å²) in [4.78, 5) is 4.92. The van der Waals surface area contributed by atoms with Crippen LogP contribution in [0.2, 0.25) is 0 Å². The third kappa shape index (κ3) is 10.3. The van der Waals surface area contributed by atoms with Crippen molar-refractivity contribution in [3.8, 4) is 89.0 Å². The molecule has 2 nitrogen and oxygen atoms in total. The molecule has 0 atom stereocenters. The van der Waals surface area contributed by atoms with Gasteiger partial charge in [0, 0.05) is 33.5 Å². The standard InChI is InChI=1S/C88H60N2/c1-5-19-61(20-6-1)69-27-13-31-73(55-69)65-39-47-79(48-40-65)89(81-37-17-35-77(59-81)75-33-15-29-71(57-75)63-23-9-3-10-24-63)85-53-45-67-44-52-84-86(54-46-68-43-51-83(85)87(67)88(68)84)90(80-49-41-66(42-50-80)74-32-14-28-70(56-74)62-21-7-2-8-22-62)82-38-18-36-78(60-82)76-34-16-30-72(58-76)64-25-11-4-12-26-64/h1-60H. The fourth-order valence-electron chi connectivity index (χ4n) is 13.3. The summed E-state index contributed by atoms with van der Waals surface area (Å²) in [7, 11) is 0. The maximum absolute atomic E-state index is 2.46. The number of hydrogen-bond acceptors (Lipinski definition) is 2. The van der Waals surface area contributed by atoms with Gasteiger partial charge in [-0.3, -0.25) is 0 Å². The molecule has 16 aromatic carbocycles. The van der Waals surface area contributed by atoms with E-state index >= 15 is 0 Å². The van der Waals surface area contributed by atoms with Gasteiger partial charge in [-0.15, -0.1) is 0 Å². The molecule has 0 bridgehead atoms. The first-order valence-corrected chi connectivity index (χ1v) is 30.9. The van der Waals surface area contributed by atoms with Gasteiger partial charge in [0.2, 0.25) is 0 Å². The Kier molecular flexibility index (Phi) is 14.0. The van der Waals surface area contributed by atoms with Crippen molar-refractivity contribution in [2.45, 2.75) is 0 Å². The molecule has 0 unspecified atom stereocenters. The smallest absolute Gasteiger partial charge is 0.0540 e. The lowest BCUT2D eigenvalue weighted by molar-refractivity contribution is 1.30. The summed E-state index contributed by atoms with van der Waals surface area (Å²) in [5.74, 6) is 0. The molecule has 16 aromatic rings. The molecule has 0 radical (unpaired) electrons. The zero-order chi connectivity index (χ0) is 59.7. The Morgan fingerprint density at radius 1 is 0.144 bits per heavy atom. The molecule has 0 saturated carbocycles. The predicted octanol–water partition coefficient (Wildman–Crippen LogP) is 24.9. The molecule has 16 rings (SSSR count). The molecular formula is C88H60N2. The lowest BCUT2D eigenvalue weighted by Gasteiger charge is -2.30. The highest BCUT2D eigenvalue weighted by molar-refractivity contribution is 6.28. The van der Waals surface area contributed by atoms with E-state index in [1.165, 1.54) is 88.0 Å². The minimum atomic E-state index is 1.07. The van der Waals surface area contributed by atoms with Crippen LogP contribution in [0.1, 0.15) is 0 Å². The zero-order valence-corrected chi connectivity index (χ0v) is 49.5. The van der Waals surface area contributed by atoms with E-state index in [2.05, 4.69) is 374 Å². The summed E-state index contributed by atoms with van der Waals surface area (Å²) in [5.41, 5.74) is 25.4. The van der Waals surface area contributed by atoms with Crippen LogP contribution in [-0.4, -0.2) is 0 Å². The van der Waals surface area contributed by atoms with E-state index in [9.17, 15) is 0 Å². The minimum Gasteiger partial charge on any atom is -0.310 e. The summed E-state index contributed by atoms with van der Waals surface area (Å²) >= 11 is 0. The van der Waals surface area contributed by atoms with E-state index in [0.29, 0.717) is 0 Å². The highest BCUT2D eigenvalue weighted by Gasteiger charge is 2.23. The van der Waals surface area contributed by atoms with Gasteiger partial charge in [0.1, 0.15) is 0 Å². The van der Waals surface area contributed by atoms with Crippen LogP contribution < -0.4 is 9.80 Å². The van der Waals surface area contributed by atoms with Crippen molar-refractivity contribution in [2.75, 3.05) is 9.80 Å². The normalized spacial score (nSPS) is 11.3. The molecule has 0 spiro atoms. The lowest BCUT2D eigenvalue weighted by atomic mass is 9.91. The summed E-state index contributed by atoms with van der Waals surface area (Å²) in [6.45, 7) is 0. The summed E-state index contributed by atoms with van der Waals surface area (Å²) in [6.07, 6.45) is 0. The van der Waals surface area contributed by atoms with Gasteiger partial charge in [0.05, 0.1) is 11.4 Å². The van der Waals surface area contributed by atoms with Crippen LogP contribution in [0.4, 0.5) is 34.1 Å². The van der Waals surface area contributed by atoms with Crippen molar-refractivity contribution in [1.29, 1.82) is 0 Å². The topological polar surface area (TPSA) is 6.48 Å². The first-order chi connectivity index (χ1) is 44.6. The highest BCUT2D eigenvalue weighted by atomic mass is 15.1. The molecule has 0 aromatic heterocycles. The van der Waals surface area contributed by atoms with E-state index in [1.807, 2.05) is 0 Å². The first-order valence-electron chi connectivity index (χ1n) is 30.9. The Morgan fingerprint density at radius 3 is 0.678 bits per heavy atom. The van der Waals surface area contributed by atoms with Crippen LogP contribution in [-0.2, 0) is 0 Å². The second-order valence-electron chi connectivity index (χ2n) is 23.2. The Morgan fingerprint density at radius 2 is 0.378 bits per heavy atom. The van der Waals surface area contributed by atoms with Crippen molar-refractivity contribution in [2.24, 2.45) is 0 Å². The van der Waals surface area contributed by atoms with Gasteiger partial charge >= 0.3 is 0 Å². The van der Waals surface area contributed by atoms with Crippen molar-refractivity contribution < 1.29 is 0 Å². The average molecular weight is 1150 g/mol. The fraction of sp³-hybridized carbons (Fsp3) is 0. The van der Waals surface area contributed by atoms with E-state index in [0.717, 1.165) is 67.5 Å². The maximum Gasteiger partial charge on any atom is 0.0540 e. The molecule has 2 heteroatoms. The second-order valence-corrected chi connectivity index (χ2v) is 23.2. The quantitative estimate of drug-likeness (QED) is 0.100. The molecule has 0 N–H and O–H groups in total. The molecule has 90 heavy (non-hydrogen) atoms. The van der Waals surface area contributed by atoms with Crippen molar-refractivity contribution >= 4 is 66.4 Å². The molecule has 0 aliphatic rings. The van der Waals surface area contributed by atoms with Crippen molar-refractivity contribution in [1.82, 2.24) is 0 Å². The third-order valence-electron chi connectivity index (χ3n) is 17.8. The van der Waals surface area contributed by atoms with E-state index in [-0.39, 0.29) is 0 Å². The third-order valence-corrected chi connectivity index (χ3v) is 17.8. The molecule has 0 saturated heterocycles. The van der Waals surface area contributed by atoms with Gasteiger partial charge in [0.15, 0.2) is 0 Å². The van der Waals surface area contributed by atoms with Crippen LogP contribution >= 0.6 is 0 Å². The van der Waals surface area contributed by atoms with Gasteiger partial charge in [-0.25, -0.2) is 0 Å². The lowest BCUT2D eigenvalue weighted by Crippen LogP contribution is -2.11. The van der Waals surface area contributed by atoms with Crippen LogP contribution in [0, 0.1) is 0 Å². The Bertz CT molecular complexity index is 4880. The molecule has 0 amide bonds. The predicted molar refractivity (Wildman–Crippen MR) is 383 cm³/mol. The monoisotopic (exact) mass is 1140 g/mol. The summed E-state index contributed by atoms with van der Waals surface area (Å²) in [6, 6.07) is 133. The number of benzene rings is 16. The van der Waals surface area contributed by atoms with E-state index in [1.54, 1.807) is 0 Å². The Balaban J connectivity index is 0.850. The zero-order valence-electron chi connectivity index (χ0n) is 49.5. The maximum atomic E-state index is 2.46. The second kappa shape index (κ2) is 23.4. The number of nitrogens with zero attached hydrogens (tertiary/aromatic N) is 2. The van der Waals surface area contributed by atoms with Crippen LogP contribution in [0.3, 0.4) is 0 Å². The van der Waals surface area contributed by atoms with Gasteiger partial charge in [0.25, 0.3) is 0 Å². The molecule has 0 fully saturated rings. The summed E-state index contributed by atoms with van der Waals surface area (Å²) < 4.78 is 0. The molecule has 422 valence electrons. The average Bonchev–Trinajstić information content (AvgIpc) is 0.880. The number of anilines is 6. The van der Waals surface area contributed by atoms with Crippen LogP contribution in [0.15, 0.2) is 364 Å². The van der Waals surface area contributed by atoms with Gasteiger partial charge < -0.3 is 9.80 Å². The number of rotatable bonds is 14. The Hall–Kier alpha value is -11.8. The molecule has 0 heterocycles. The SMILES string of the molecule is c1ccc(-c2cccc(-c3ccc(N(c4cccc(-c5cccc(-c6ccccc6)c5)c4)c4ccc5ccc6c(N(c7ccc(-c8cccc(-c9ccccc9)c8)cc7)c7cccc(-c8cccc(-c9ccccc9)c8)c7)ccc7ccc4c5c76)cc3)c2)cc1. The van der Waals surface area contributed by atoms with Gasteiger partial charge in [-0.1, -0.05) is 279 Å². The fourth-order valence-corrected chi connectivity index (χ4v) is 13.3. The Labute approximate surface area is 526 Å². The van der Waals surface area contributed by atoms with Crippen molar-refractivity contribution in [3.63, 3.8) is 0 Å². The molecule has 0 aliphatic carbocycles. The summed E-state index contributed by atoms with van der Waals surface area (Å²) in [5, 5.41) is 7.20. The van der Waals surface area contributed by atoms with Crippen LogP contribution in [0.5, 0.6) is 0 Å². The molecular weight excluding hydrogens is 1080 g/mol. The number of hydrogen-bond donors (Lipinski definition) is 0. The highest BCUT2D eigenvalue weighted by Crippen LogP contribution is 2.49. The van der Waals surface area contributed by atoms with Gasteiger partial charge in [-0.2, -0.15) is 0 Å². The van der Waals surface area contributed by atoms with Gasteiger partial charge in [-0.05, 0) is 195 Å². The largest absolute Gasteiger partial charge is 0.310 e.